The van der Waals surface area contributed by atoms with Crippen molar-refractivity contribution in [3.8, 4) is 0 Å². The van der Waals surface area contributed by atoms with Crippen LogP contribution in [0.1, 0.15) is 82.0 Å². The molecule has 362 valence electrons. The Hall–Kier alpha value is -6.94. The van der Waals surface area contributed by atoms with Crippen molar-refractivity contribution < 1.29 is 57.3 Å². The topological polar surface area (TPSA) is 273 Å². The molecule has 20 nitrogen and oxygen atoms in total. The number of amides is 4. The summed E-state index contributed by atoms with van der Waals surface area (Å²) in [4.78, 5) is 119. The van der Waals surface area contributed by atoms with Gasteiger partial charge in [0, 0.05) is 111 Å². The number of rotatable bonds is 27. The van der Waals surface area contributed by atoms with Crippen molar-refractivity contribution in [1.82, 2.24) is 41.2 Å². The van der Waals surface area contributed by atoms with Crippen LogP contribution in [-0.2, 0) is 38.1 Å². The molecule has 4 aromatic rings. The molecule has 0 bridgehead atoms. The Bertz CT molecular complexity index is 2140. The Labute approximate surface area is 401 Å². The fourth-order valence-corrected chi connectivity index (χ4v) is 7.60. The highest BCUT2D eigenvalue weighted by molar-refractivity contribution is 8.76. The van der Waals surface area contributed by atoms with E-state index in [1.54, 1.807) is 52.0 Å². The molecule has 22 heteroatoms. The molecule has 4 N–H and O–H groups in total. The molecule has 0 aliphatic rings. The number of hydrogen-bond donors (Lipinski definition) is 4. The Morgan fingerprint density at radius 3 is 1.12 bits per heavy atom. The minimum atomic E-state index is -1.41. The highest BCUT2D eigenvalue weighted by Crippen LogP contribution is 2.28. The van der Waals surface area contributed by atoms with E-state index in [-0.39, 0.29) is 73.2 Å². The lowest BCUT2D eigenvalue weighted by Crippen LogP contribution is -2.49. The molecule has 0 spiro atoms. The zero-order valence-electron chi connectivity index (χ0n) is 38.0. The van der Waals surface area contributed by atoms with Crippen LogP contribution in [0.5, 0.6) is 0 Å². The molecule has 0 unspecified atom stereocenters. The summed E-state index contributed by atoms with van der Waals surface area (Å²) in [7, 11) is 2.96. The molecule has 4 heterocycles. The number of ether oxygens (including phenoxy) is 4. The van der Waals surface area contributed by atoms with Gasteiger partial charge in [-0.3, -0.25) is 39.1 Å². The smallest absolute Gasteiger partial charge is 0.340 e. The van der Waals surface area contributed by atoms with Gasteiger partial charge < -0.3 is 40.2 Å². The van der Waals surface area contributed by atoms with Crippen molar-refractivity contribution >= 4 is 69.1 Å². The van der Waals surface area contributed by atoms with Crippen LogP contribution >= 0.6 is 21.6 Å². The minimum Gasteiger partial charge on any atom is -0.461 e. The molecule has 4 rings (SSSR count). The molecule has 4 amide bonds. The predicted octanol–water partition coefficient (Wildman–Crippen LogP) is 3.41. The molecule has 68 heavy (non-hydrogen) atoms. The van der Waals surface area contributed by atoms with E-state index in [2.05, 4.69) is 41.2 Å². The van der Waals surface area contributed by atoms with Crippen molar-refractivity contribution in [1.29, 1.82) is 0 Å². The molecular weight excluding hydrogens is 921 g/mol. The fraction of sp³-hybridized carbons (Fsp3) is 0.391. The zero-order chi connectivity index (χ0) is 49.4. The van der Waals surface area contributed by atoms with Crippen LogP contribution in [0.4, 0.5) is 0 Å². The summed E-state index contributed by atoms with van der Waals surface area (Å²) >= 11 is 0. The summed E-state index contributed by atoms with van der Waals surface area (Å²) in [6.07, 6.45) is 8.31. The SMILES string of the molecule is CC(C)(COC(=O)c1cccnc1)[C@H](OC(=O)c1cccnc1)C(=O)NCCC(=O)NCCSSCCNC(=O)CCNC(=O)[C@@H](OC(=O)c1cccnc1)C(C)(C)COC(=O)c1cccnc1. The number of pyridine rings is 4. The molecule has 0 aromatic carbocycles. The van der Waals surface area contributed by atoms with E-state index in [4.69, 9.17) is 18.9 Å². The summed E-state index contributed by atoms with van der Waals surface area (Å²) in [5.41, 5.74) is -1.73. The van der Waals surface area contributed by atoms with Crippen LogP contribution in [-0.4, -0.2) is 131 Å². The number of carbonyl (C=O) groups is 8. The molecule has 0 aliphatic heterocycles. The van der Waals surface area contributed by atoms with Gasteiger partial charge in [-0.1, -0.05) is 49.3 Å². The maximum atomic E-state index is 13.4. The molecule has 0 fully saturated rings. The largest absolute Gasteiger partial charge is 0.461 e. The third-order valence-corrected chi connectivity index (χ3v) is 11.9. The van der Waals surface area contributed by atoms with Crippen LogP contribution in [0.3, 0.4) is 0 Å². The number of aromatic nitrogens is 4. The van der Waals surface area contributed by atoms with Gasteiger partial charge in [-0.2, -0.15) is 0 Å². The Balaban J connectivity index is 1.12. The van der Waals surface area contributed by atoms with E-state index in [1.165, 1.54) is 95.4 Å². The van der Waals surface area contributed by atoms with E-state index in [1.807, 2.05) is 0 Å². The first-order chi connectivity index (χ1) is 32.6. The molecule has 2 atom stereocenters. The minimum absolute atomic E-state index is 0.0625. The zero-order valence-corrected chi connectivity index (χ0v) is 39.6. The summed E-state index contributed by atoms with van der Waals surface area (Å²) in [6.45, 7) is 6.38. The van der Waals surface area contributed by atoms with Crippen molar-refractivity contribution in [3.05, 3.63) is 120 Å². The molecule has 0 aliphatic carbocycles. The second-order valence-corrected chi connectivity index (χ2v) is 18.8. The maximum Gasteiger partial charge on any atom is 0.340 e. The van der Waals surface area contributed by atoms with Crippen molar-refractivity contribution in [3.63, 3.8) is 0 Å². The highest BCUT2D eigenvalue weighted by Gasteiger charge is 2.41. The van der Waals surface area contributed by atoms with Gasteiger partial charge in [-0.05, 0) is 48.5 Å². The van der Waals surface area contributed by atoms with Crippen molar-refractivity contribution in [2.45, 2.75) is 52.7 Å². The fourth-order valence-electron chi connectivity index (χ4n) is 5.78. The normalized spacial score (nSPS) is 12.0. The highest BCUT2D eigenvalue weighted by atomic mass is 33.1. The van der Waals surface area contributed by atoms with Gasteiger partial charge in [-0.15, -0.1) is 0 Å². The molecule has 0 radical (unpaired) electrons. The van der Waals surface area contributed by atoms with Gasteiger partial charge in [0.05, 0.1) is 22.3 Å². The predicted molar refractivity (Wildman–Crippen MR) is 250 cm³/mol. The molecule has 4 aromatic heterocycles. The lowest BCUT2D eigenvalue weighted by atomic mass is 9.86. The summed E-state index contributed by atoms with van der Waals surface area (Å²) in [6, 6.07) is 12.3. The summed E-state index contributed by atoms with van der Waals surface area (Å²) in [5.74, 6) is -3.88. The Morgan fingerprint density at radius 2 is 0.809 bits per heavy atom. The van der Waals surface area contributed by atoms with E-state index < -0.39 is 58.7 Å². The Kier molecular flexibility index (Phi) is 21.8. The third kappa shape index (κ3) is 18.4. The summed E-state index contributed by atoms with van der Waals surface area (Å²) < 4.78 is 22.1. The molecular formula is C46H54N8O12S2. The molecule has 0 saturated heterocycles. The monoisotopic (exact) mass is 974 g/mol. The van der Waals surface area contributed by atoms with Crippen LogP contribution in [0.2, 0.25) is 0 Å². The van der Waals surface area contributed by atoms with E-state index >= 15 is 0 Å². The molecule has 0 saturated carbocycles. The number of nitrogens with zero attached hydrogens (tertiary/aromatic N) is 4. The van der Waals surface area contributed by atoms with Crippen LogP contribution < -0.4 is 21.3 Å². The van der Waals surface area contributed by atoms with E-state index in [0.717, 1.165) is 0 Å². The first kappa shape index (κ1) is 53.7. The first-order valence-corrected chi connectivity index (χ1v) is 23.8. The van der Waals surface area contributed by atoms with Gasteiger partial charge in [0.15, 0.2) is 12.2 Å². The van der Waals surface area contributed by atoms with Gasteiger partial charge in [0.25, 0.3) is 11.8 Å². The Morgan fingerprint density at radius 1 is 0.485 bits per heavy atom. The van der Waals surface area contributed by atoms with Crippen LogP contribution in [0.15, 0.2) is 98.1 Å². The standard InChI is InChI=1S/C46H54N8O12S2/c1-45(2,29-63-41(59)31-9-5-15-47-25-31)37(65-43(61)33-11-7-17-49-27-33)39(57)53-19-13-35(55)51-21-23-67-68-24-22-52-36(56)14-20-54-40(58)38(66-44(62)34-12-8-18-50-28-34)46(3,4)30-64-42(60)32-10-6-16-48-26-32/h5-12,15-18,25-28,37-38H,13-14,19-24,29-30H2,1-4H3,(H,51,55)(H,52,56)(H,53,57)(H,54,58)/t37-,38-/m1/s1. The third-order valence-electron chi connectivity index (χ3n) is 9.49. The average Bonchev–Trinajstić information content (AvgIpc) is 3.34. The second-order valence-electron chi connectivity index (χ2n) is 16.1. The number of nitrogens with one attached hydrogen (secondary N) is 4. The lowest BCUT2D eigenvalue weighted by Gasteiger charge is -2.32. The van der Waals surface area contributed by atoms with Crippen LogP contribution in [0, 0.1) is 10.8 Å². The number of carbonyl (C=O) groups excluding carboxylic acids is 8. The van der Waals surface area contributed by atoms with Gasteiger partial charge in [0.1, 0.15) is 13.2 Å². The maximum absolute atomic E-state index is 13.4. The van der Waals surface area contributed by atoms with E-state index in [0.29, 0.717) is 24.6 Å². The van der Waals surface area contributed by atoms with Gasteiger partial charge in [0.2, 0.25) is 11.8 Å². The lowest BCUT2D eigenvalue weighted by molar-refractivity contribution is -0.139. The van der Waals surface area contributed by atoms with Gasteiger partial charge in [-0.25, -0.2) is 19.2 Å². The summed E-state index contributed by atoms with van der Waals surface area (Å²) in [5, 5.41) is 10.8. The van der Waals surface area contributed by atoms with Gasteiger partial charge >= 0.3 is 23.9 Å². The van der Waals surface area contributed by atoms with Crippen LogP contribution in [0.25, 0.3) is 0 Å². The average molecular weight is 975 g/mol. The van der Waals surface area contributed by atoms with E-state index in [9.17, 15) is 38.4 Å². The first-order valence-electron chi connectivity index (χ1n) is 21.3. The number of hydrogen-bond acceptors (Lipinski definition) is 18. The van der Waals surface area contributed by atoms with Crippen molar-refractivity contribution in [2.24, 2.45) is 10.8 Å². The quantitative estimate of drug-likeness (QED) is 0.0288. The number of esters is 4. The second kappa shape index (κ2) is 27.6. The van der Waals surface area contributed by atoms with Crippen molar-refractivity contribution in [2.75, 3.05) is 50.9 Å².